The van der Waals surface area contributed by atoms with Crippen LogP contribution in [-0.4, -0.2) is 24.4 Å². The highest BCUT2D eigenvalue weighted by Gasteiger charge is 2.60. The summed E-state index contributed by atoms with van der Waals surface area (Å²) in [7, 11) is 0. The third-order valence-electron chi connectivity index (χ3n) is 2.44. The van der Waals surface area contributed by atoms with Crippen LogP contribution >= 0.6 is 0 Å². The minimum Gasteiger partial charge on any atom is -0.443 e. The zero-order valence-corrected chi connectivity index (χ0v) is 10.6. The third-order valence-corrected chi connectivity index (χ3v) is 2.44. The van der Waals surface area contributed by atoms with Gasteiger partial charge in [-0.05, 0) is 12.8 Å². The summed E-state index contributed by atoms with van der Waals surface area (Å²) in [5.74, 6) is -2.37. The van der Waals surface area contributed by atoms with E-state index >= 15 is 0 Å². The quantitative estimate of drug-likeness (QED) is 0.541. The minimum absolute atomic E-state index is 0.203. The van der Waals surface area contributed by atoms with Gasteiger partial charge < -0.3 is 4.74 Å². The van der Waals surface area contributed by atoms with E-state index in [1.165, 1.54) is 0 Å². The second kappa shape index (κ2) is 7.00. The van der Waals surface area contributed by atoms with Gasteiger partial charge in [-0.25, -0.2) is 0 Å². The molecule has 19 heavy (non-hydrogen) atoms. The Bertz CT molecular complexity index is 264. The zero-order valence-electron chi connectivity index (χ0n) is 10.6. The molecule has 0 aromatic carbocycles. The fourth-order valence-electron chi connectivity index (χ4n) is 1.61. The maximum Gasteiger partial charge on any atom is 0.434 e. The molecule has 0 aromatic heterocycles. The molecule has 0 heterocycles. The molecule has 2 nitrogen and oxygen atoms in total. The Morgan fingerprint density at radius 3 is 1.58 bits per heavy atom. The molecule has 0 radical (unpaired) electrons. The molecule has 0 bridgehead atoms. The molecule has 0 aliphatic heterocycles. The van der Waals surface area contributed by atoms with Crippen LogP contribution in [0.15, 0.2) is 0 Å². The topological polar surface area (TPSA) is 26.3 Å². The van der Waals surface area contributed by atoms with Gasteiger partial charge in [0.1, 0.15) is 0 Å². The zero-order chi connectivity index (χ0) is 15.3. The first-order valence-corrected chi connectivity index (χ1v) is 5.87. The maximum atomic E-state index is 12.2. The summed E-state index contributed by atoms with van der Waals surface area (Å²) in [4.78, 5) is 11.4. The predicted octanol–water partition coefficient (Wildman–Crippen LogP) is 4.24. The van der Waals surface area contributed by atoms with Crippen LogP contribution in [0.5, 0.6) is 0 Å². The van der Waals surface area contributed by atoms with Crippen LogP contribution in [0.2, 0.25) is 0 Å². The maximum absolute atomic E-state index is 12.2. The number of carbonyl (C=O) groups excluding carboxylic acids is 1. The molecule has 0 fully saturated rings. The Hall–Kier alpha value is -0.950. The van der Waals surface area contributed by atoms with E-state index in [1.54, 1.807) is 13.8 Å². The van der Waals surface area contributed by atoms with Crippen molar-refractivity contribution in [1.29, 1.82) is 0 Å². The Morgan fingerprint density at radius 2 is 1.32 bits per heavy atom. The van der Waals surface area contributed by atoms with Crippen LogP contribution in [0.4, 0.5) is 26.3 Å². The van der Waals surface area contributed by atoms with Crippen LogP contribution in [0.3, 0.4) is 0 Å². The van der Waals surface area contributed by atoms with Gasteiger partial charge in [0.15, 0.2) is 0 Å². The van der Waals surface area contributed by atoms with Gasteiger partial charge in [0.05, 0.1) is 5.92 Å². The largest absolute Gasteiger partial charge is 0.443 e. The first-order valence-electron chi connectivity index (χ1n) is 5.87. The fraction of sp³-hybridized carbons (Fsp3) is 0.909. The molecular formula is C11H16F6O2. The summed E-state index contributed by atoms with van der Waals surface area (Å²) in [6.07, 6.45) is -14.0. The minimum atomic E-state index is -5.66. The molecule has 0 spiro atoms. The lowest BCUT2D eigenvalue weighted by atomic mass is 9.98. The standard InChI is InChI=1S/C11H16F6O2/c1-3-5-7(6-4-2)8(18)19-9(10(12,13)14)11(15,16)17/h7,9H,3-6H2,1-2H3. The molecule has 0 N–H and O–H groups in total. The van der Waals surface area contributed by atoms with Gasteiger partial charge in [0, 0.05) is 0 Å². The lowest BCUT2D eigenvalue weighted by Gasteiger charge is -2.25. The first-order chi connectivity index (χ1) is 8.54. The number of hydrogen-bond donors (Lipinski definition) is 0. The fourth-order valence-corrected chi connectivity index (χ4v) is 1.61. The van der Waals surface area contributed by atoms with E-state index in [1.807, 2.05) is 0 Å². The SMILES string of the molecule is CCCC(CCC)C(=O)OC(C(F)(F)F)C(F)(F)F. The van der Waals surface area contributed by atoms with E-state index in [-0.39, 0.29) is 12.8 Å². The van der Waals surface area contributed by atoms with Crippen molar-refractivity contribution in [3.8, 4) is 0 Å². The summed E-state index contributed by atoms with van der Waals surface area (Å²) in [5.41, 5.74) is 0. The summed E-state index contributed by atoms with van der Waals surface area (Å²) in [5, 5.41) is 0. The van der Waals surface area contributed by atoms with Crippen LogP contribution < -0.4 is 0 Å². The molecule has 0 aromatic rings. The average molecular weight is 294 g/mol. The molecule has 114 valence electrons. The van der Waals surface area contributed by atoms with Gasteiger partial charge in [-0.1, -0.05) is 26.7 Å². The Morgan fingerprint density at radius 1 is 0.947 bits per heavy atom. The molecule has 0 rings (SSSR count). The van der Waals surface area contributed by atoms with E-state index < -0.39 is 30.3 Å². The summed E-state index contributed by atoms with van der Waals surface area (Å²) >= 11 is 0. The number of esters is 1. The Kier molecular flexibility index (Phi) is 6.65. The smallest absolute Gasteiger partial charge is 0.434 e. The Labute approximate surface area is 107 Å². The second-order valence-electron chi connectivity index (χ2n) is 4.17. The highest BCUT2D eigenvalue weighted by atomic mass is 19.4. The molecule has 8 heteroatoms. The molecule has 0 aliphatic carbocycles. The van der Waals surface area contributed by atoms with Gasteiger partial charge in [-0.2, -0.15) is 26.3 Å². The highest BCUT2D eigenvalue weighted by Crippen LogP contribution is 2.36. The molecule has 0 saturated carbocycles. The van der Waals surface area contributed by atoms with Gasteiger partial charge in [-0.15, -0.1) is 0 Å². The summed E-state index contributed by atoms with van der Waals surface area (Å²) in [6, 6.07) is 0. The highest BCUT2D eigenvalue weighted by molar-refractivity contribution is 5.72. The van der Waals surface area contributed by atoms with Crippen molar-refractivity contribution in [3.63, 3.8) is 0 Å². The van der Waals surface area contributed by atoms with Crippen molar-refractivity contribution in [2.24, 2.45) is 5.92 Å². The van der Waals surface area contributed by atoms with E-state index in [0.717, 1.165) is 0 Å². The average Bonchev–Trinajstić information content (AvgIpc) is 2.22. The second-order valence-corrected chi connectivity index (χ2v) is 4.17. The molecule has 0 atom stereocenters. The first kappa shape index (κ1) is 18.0. The van der Waals surface area contributed by atoms with Crippen molar-refractivity contribution in [2.45, 2.75) is 58.0 Å². The van der Waals surface area contributed by atoms with Crippen molar-refractivity contribution in [3.05, 3.63) is 0 Å². The molecule has 0 aliphatic rings. The van der Waals surface area contributed by atoms with Crippen LogP contribution in [0, 0.1) is 5.92 Å². The van der Waals surface area contributed by atoms with E-state index in [4.69, 9.17) is 0 Å². The number of carbonyl (C=O) groups is 1. The van der Waals surface area contributed by atoms with E-state index in [2.05, 4.69) is 4.74 Å². The van der Waals surface area contributed by atoms with Crippen molar-refractivity contribution in [1.82, 2.24) is 0 Å². The van der Waals surface area contributed by atoms with Crippen LogP contribution in [-0.2, 0) is 9.53 Å². The monoisotopic (exact) mass is 294 g/mol. The third kappa shape index (κ3) is 6.15. The molecular weight excluding hydrogens is 278 g/mol. The van der Waals surface area contributed by atoms with Gasteiger partial charge in [0.25, 0.3) is 6.10 Å². The number of halogens is 6. The van der Waals surface area contributed by atoms with Gasteiger partial charge >= 0.3 is 18.3 Å². The number of rotatable bonds is 6. The summed E-state index contributed by atoms with van der Waals surface area (Å²) < 4.78 is 76.9. The number of hydrogen-bond acceptors (Lipinski definition) is 2. The van der Waals surface area contributed by atoms with Crippen LogP contribution in [0.25, 0.3) is 0 Å². The predicted molar refractivity (Wildman–Crippen MR) is 55.3 cm³/mol. The van der Waals surface area contributed by atoms with Crippen molar-refractivity contribution >= 4 is 5.97 Å². The van der Waals surface area contributed by atoms with Crippen LogP contribution in [0.1, 0.15) is 39.5 Å². The van der Waals surface area contributed by atoms with Gasteiger partial charge in [0.2, 0.25) is 0 Å². The number of alkyl halides is 6. The van der Waals surface area contributed by atoms with E-state index in [0.29, 0.717) is 12.8 Å². The lowest BCUT2D eigenvalue weighted by molar-refractivity contribution is -0.314. The molecule has 0 unspecified atom stereocenters. The molecule has 0 saturated heterocycles. The summed E-state index contributed by atoms with van der Waals surface area (Å²) in [6.45, 7) is 3.36. The lowest BCUT2D eigenvalue weighted by Crippen LogP contribution is -2.46. The van der Waals surface area contributed by atoms with Crippen molar-refractivity contribution in [2.75, 3.05) is 0 Å². The normalized spacial score (nSPS) is 13.2. The Balaban J connectivity index is 4.89. The van der Waals surface area contributed by atoms with Gasteiger partial charge in [-0.3, -0.25) is 4.79 Å². The van der Waals surface area contributed by atoms with E-state index in [9.17, 15) is 31.1 Å². The van der Waals surface area contributed by atoms with Crippen molar-refractivity contribution < 1.29 is 35.9 Å². The molecule has 0 amide bonds. The number of ether oxygens (including phenoxy) is 1.